The molecule has 37 nitrogen and oxygen atoms in total. The second-order valence-electron chi connectivity index (χ2n) is 20.9. The smallest absolute Gasteiger partial charge is 0.410 e. The first kappa shape index (κ1) is 88.2. The van der Waals surface area contributed by atoms with Gasteiger partial charge in [-0.25, -0.2) is 24.0 Å². The Labute approximate surface area is 575 Å². The molecular formula is C62H100N16O21. The van der Waals surface area contributed by atoms with E-state index in [4.69, 9.17) is 29.4 Å². The van der Waals surface area contributed by atoms with Crippen LogP contribution in [0.1, 0.15) is 71.1 Å². The lowest BCUT2D eigenvalue weighted by Crippen LogP contribution is -2.44. The standard InChI is InChI=1S/C62H100N16O21/c1-7-42-95-58(90)74(32-22-64-47(6)79)33-24-66-50(82)14-15-51(83)68-26-36-76(60(92)97-44-9-3)37-28-70-54(86)18-19-55(87)72-30-40-78(62(94)99-46-11-5)41-31-73-57(89)21-20-56(88)71-29-39-77(61(93)98-45-10-4)38-27-69-53(85)17-16-52(84)67-25-35-75(59(91)96-43-8-2)34-23-65-49(81)13-12-48(63)80/h7-11H,1-5,12-46H2,6H3,(H2,63,80)(H,64,79)(H,65,81)(H,66,82)(H,67,84)(H,68,83)(H,69,85)(H,70,86)(H,71,88)(H,72,87)(H,73,89). The molecule has 0 radical (unpaired) electrons. The minimum absolute atomic E-state index is 0.00432. The van der Waals surface area contributed by atoms with Gasteiger partial charge in [0, 0.05) is 202 Å². The van der Waals surface area contributed by atoms with Gasteiger partial charge in [0.05, 0.1) is 0 Å². The van der Waals surface area contributed by atoms with E-state index in [1.165, 1.54) is 61.8 Å². The van der Waals surface area contributed by atoms with Crippen molar-refractivity contribution in [2.24, 2.45) is 5.73 Å². The molecule has 0 aliphatic heterocycles. The zero-order valence-corrected chi connectivity index (χ0v) is 56.6. The summed E-state index contributed by atoms with van der Waals surface area (Å²) in [5, 5.41) is 26.0. The van der Waals surface area contributed by atoms with Crippen LogP contribution < -0.4 is 58.9 Å². The SMILES string of the molecule is C=CCOC(=O)N(CCNC(C)=O)CCNC(=O)CCC(=O)NCCN(CCNC(=O)CCC(=O)NCCN(CCNC(=O)CCC(=O)NCCN(CCNC(=O)CCC(=O)NCCN(CCNC(=O)CCC(N)=O)C(=O)OCC=C)C(=O)OCC=C)C(=O)OCC=C)C(=O)OCC=C. The summed E-state index contributed by atoms with van der Waals surface area (Å²) >= 11 is 0. The number of primary amides is 1. The Hall–Kier alpha value is -10.8. The Kier molecular flexibility index (Phi) is 50.3. The molecule has 0 bridgehead atoms. The predicted octanol–water partition coefficient (Wildman–Crippen LogP) is -2.32. The van der Waals surface area contributed by atoms with Crippen LogP contribution in [0.15, 0.2) is 63.3 Å². The highest BCUT2D eigenvalue weighted by Crippen LogP contribution is 2.02. The van der Waals surface area contributed by atoms with Crippen molar-refractivity contribution < 1.29 is 100 Å². The highest BCUT2D eigenvalue weighted by Gasteiger charge is 2.22. The van der Waals surface area contributed by atoms with E-state index in [0.29, 0.717) is 0 Å². The number of carbonyl (C=O) groups excluding carboxylic acids is 16. The maximum atomic E-state index is 12.8. The number of carbonyl (C=O) groups is 16. The predicted molar refractivity (Wildman–Crippen MR) is 357 cm³/mol. The van der Waals surface area contributed by atoms with Crippen molar-refractivity contribution in [1.82, 2.24) is 77.7 Å². The highest BCUT2D eigenvalue weighted by molar-refractivity contribution is 5.86. The lowest BCUT2D eigenvalue weighted by atomic mass is 10.2. The quantitative estimate of drug-likeness (QED) is 0.0225. The number of nitrogens with two attached hydrogens (primary N) is 1. The van der Waals surface area contributed by atoms with E-state index in [-0.39, 0.29) is 234 Å². The third-order valence-electron chi connectivity index (χ3n) is 12.9. The molecule has 0 aromatic heterocycles. The van der Waals surface area contributed by atoms with Crippen LogP contribution in [-0.4, -0.2) is 284 Å². The third kappa shape index (κ3) is 48.6. The number of hydrogen-bond acceptors (Lipinski definition) is 21. The molecule has 16 amide bonds. The third-order valence-corrected chi connectivity index (χ3v) is 12.9. The van der Waals surface area contributed by atoms with Crippen molar-refractivity contribution in [3.05, 3.63) is 63.3 Å². The number of nitrogens with zero attached hydrogens (tertiary/aromatic N) is 5. The normalized spacial score (nSPS) is 10.2. The van der Waals surface area contributed by atoms with Crippen LogP contribution in [-0.2, 0) is 76.4 Å². The summed E-state index contributed by atoms with van der Waals surface area (Å²) in [5.74, 6) is -5.48. The molecule has 0 unspecified atom stereocenters. The topological polar surface area (TPSA) is 482 Å². The van der Waals surface area contributed by atoms with E-state index < -0.39 is 89.5 Å². The fourth-order valence-electron chi connectivity index (χ4n) is 7.86. The Morgan fingerprint density at radius 2 is 0.404 bits per heavy atom. The van der Waals surface area contributed by atoms with Crippen LogP contribution >= 0.6 is 0 Å². The molecule has 12 N–H and O–H groups in total. The number of rotatable bonds is 55. The number of amides is 16. The molecule has 0 aromatic rings. The fraction of sp³-hybridized carbons (Fsp3) is 0.581. The molecule has 0 saturated carbocycles. The second kappa shape index (κ2) is 56.4. The van der Waals surface area contributed by atoms with Gasteiger partial charge in [-0.2, -0.15) is 0 Å². The summed E-state index contributed by atoms with van der Waals surface area (Å²) in [5.41, 5.74) is 5.06. The highest BCUT2D eigenvalue weighted by atomic mass is 16.6. The van der Waals surface area contributed by atoms with Crippen LogP contribution in [0.2, 0.25) is 0 Å². The van der Waals surface area contributed by atoms with Crippen molar-refractivity contribution in [3.8, 4) is 0 Å². The van der Waals surface area contributed by atoms with Gasteiger partial charge in [0.1, 0.15) is 33.0 Å². The summed E-state index contributed by atoms with van der Waals surface area (Å²) < 4.78 is 25.5. The Balaban J connectivity index is 4.94. The lowest BCUT2D eigenvalue weighted by molar-refractivity contribution is -0.126. The lowest BCUT2D eigenvalue weighted by Gasteiger charge is -2.22. The van der Waals surface area contributed by atoms with Gasteiger partial charge in [-0.3, -0.25) is 52.7 Å². The van der Waals surface area contributed by atoms with E-state index in [1.54, 1.807) is 0 Å². The zero-order valence-electron chi connectivity index (χ0n) is 56.6. The van der Waals surface area contributed by atoms with Gasteiger partial charge in [0.15, 0.2) is 0 Å². The molecule has 0 saturated heterocycles. The van der Waals surface area contributed by atoms with Gasteiger partial charge in [-0.15, -0.1) is 0 Å². The van der Waals surface area contributed by atoms with Crippen molar-refractivity contribution in [1.29, 1.82) is 0 Å². The van der Waals surface area contributed by atoms with Gasteiger partial charge in [0.2, 0.25) is 65.0 Å². The molecule has 0 aromatic carbocycles. The minimum Gasteiger partial charge on any atom is -0.445 e. The van der Waals surface area contributed by atoms with Crippen LogP contribution in [0.3, 0.4) is 0 Å². The van der Waals surface area contributed by atoms with Crippen molar-refractivity contribution >= 4 is 95.4 Å². The maximum absolute atomic E-state index is 12.8. The average Bonchev–Trinajstić information content (AvgIpc) is 1.29. The molecule has 37 heteroatoms. The van der Waals surface area contributed by atoms with E-state index in [1.807, 2.05) is 0 Å². The monoisotopic (exact) mass is 1400 g/mol. The second-order valence-corrected chi connectivity index (χ2v) is 20.9. The molecular weight excluding hydrogens is 1300 g/mol. The Morgan fingerprint density at radius 1 is 0.263 bits per heavy atom. The van der Waals surface area contributed by atoms with Crippen LogP contribution in [0.25, 0.3) is 0 Å². The molecule has 0 fully saturated rings. The fourth-order valence-corrected chi connectivity index (χ4v) is 7.86. The summed E-state index contributed by atoms with van der Waals surface area (Å²) in [4.78, 5) is 204. The van der Waals surface area contributed by atoms with Crippen LogP contribution in [0, 0.1) is 0 Å². The molecule has 0 rings (SSSR count). The van der Waals surface area contributed by atoms with Gasteiger partial charge in [-0.05, 0) is 0 Å². The summed E-state index contributed by atoms with van der Waals surface area (Å²) in [7, 11) is 0. The molecule has 0 aliphatic rings. The molecule has 554 valence electrons. The maximum Gasteiger partial charge on any atom is 0.410 e. The van der Waals surface area contributed by atoms with Gasteiger partial charge in [0.25, 0.3) is 0 Å². The van der Waals surface area contributed by atoms with Crippen molar-refractivity contribution in [2.75, 3.05) is 164 Å². The van der Waals surface area contributed by atoms with Crippen LogP contribution in [0.5, 0.6) is 0 Å². The summed E-state index contributed by atoms with van der Waals surface area (Å²) in [6, 6.07) is 0. The first-order valence-corrected chi connectivity index (χ1v) is 32.0. The van der Waals surface area contributed by atoms with E-state index in [0.717, 1.165) is 0 Å². The van der Waals surface area contributed by atoms with E-state index >= 15 is 0 Å². The Morgan fingerprint density at radius 3 is 0.535 bits per heavy atom. The van der Waals surface area contributed by atoms with Gasteiger partial charge >= 0.3 is 30.5 Å². The van der Waals surface area contributed by atoms with Gasteiger partial charge < -0.3 is 107 Å². The largest absolute Gasteiger partial charge is 0.445 e. The Bertz CT molecular complexity index is 2680. The molecule has 0 aliphatic carbocycles. The number of ether oxygens (including phenoxy) is 5. The molecule has 0 atom stereocenters. The number of hydrogen-bond donors (Lipinski definition) is 11. The molecule has 0 heterocycles. The summed E-state index contributed by atoms with van der Waals surface area (Å²) in [6.07, 6.45) is 1.00. The first-order chi connectivity index (χ1) is 47.4. The zero-order chi connectivity index (χ0) is 74.0. The molecule has 0 spiro atoms. The van der Waals surface area contributed by atoms with Crippen molar-refractivity contribution in [3.63, 3.8) is 0 Å². The van der Waals surface area contributed by atoms with Crippen LogP contribution in [0.4, 0.5) is 24.0 Å². The number of nitrogens with one attached hydrogen (secondary N) is 10. The van der Waals surface area contributed by atoms with E-state index in [9.17, 15) is 76.7 Å². The average molecular weight is 1410 g/mol. The van der Waals surface area contributed by atoms with Crippen molar-refractivity contribution in [2.45, 2.75) is 71.1 Å². The first-order valence-electron chi connectivity index (χ1n) is 32.0. The minimum atomic E-state index is -0.782. The molecule has 99 heavy (non-hydrogen) atoms. The van der Waals surface area contributed by atoms with Gasteiger partial charge in [-0.1, -0.05) is 63.3 Å². The van der Waals surface area contributed by atoms with E-state index in [2.05, 4.69) is 86.1 Å². The summed E-state index contributed by atoms with van der Waals surface area (Å²) in [6.45, 7) is 18.1.